The van der Waals surface area contributed by atoms with Crippen molar-refractivity contribution in [1.82, 2.24) is 15.4 Å². The number of aliphatic hydroxyl groups is 1. The molecule has 0 spiro atoms. The van der Waals surface area contributed by atoms with Gasteiger partial charge >= 0.3 is 0 Å². The summed E-state index contributed by atoms with van der Waals surface area (Å²) in [6, 6.07) is 5.84. The molecule has 0 saturated heterocycles. The van der Waals surface area contributed by atoms with Gasteiger partial charge in [-0.05, 0) is 18.1 Å². The number of aromatic amines is 1. The number of aromatic nitrogens is 3. The van der Waals surface area contributed by atoms with Crippen LogP contribution < -0.4 is 0 Å². The van der Waals surface area contributed by atoms with Crippen LogP contribution in [0.2, 0.25) is 0 Å². The number of para-hydroxylation sites is 1. The van der Waals surface area contributed by atoms with E-state index in [2.05, 4.69) is 22.3 Å². The van der Waals surface area contributed by atoms with E-state index in [1.165, 1.54) is 0 Å². The van der Waals surface area contributed by atoms with Gasteiger partial charge in [-0.3, -0.25) is 0 Å². The first-order valence-electron chi connectivity index (χ1n) is 5.27. The molecule has 0 aliphatic rings. The van der Waals surface area contributed by atoms with Gasteiger partial charge in [-0.2, -0.15) is 15.4 Å². The first-order valence-corrected chi connectivity index (χ1v) is 5.27. The average Bonchev–Trinajstić information content (AvgIpc) is 2.67. The van der Waals surface area contributed by atoms with E-state index in [1.807, 2.05) is 18.2 Å². The molecule has 1 heterocycles. The van der Waals surface area contributed by atoms with Crippen LogP contribution in [0, 0.1) is 0 Å². The van der Waals surface area contributed by atoms with Crippen LogP contribution in [0.4, 0.5) is 0 Å². The summed E-state index contributed by atoms with van der Waals surface area (Å²) in [4.78, 5) is 0. The van der Waals surface area contributed by atoms with Gasteiger partial charge in [0, 0.05) is 6.42 Å². The standard InChI is InChI=1S/C11H15N3O/c1-2-4-9(15)7-8-5-3-6-10-11(8)13-14-12-10/h3,5-6,9,15H,2,4,7H2,1H3,(H,12,13,14). The van der Waals surface area contributed by atoms with Crippen molar-refractivity contribution in [2.45, 2.75) is 32.3 Å². The van der Waals surface area contributed by atoms with Crippen LogP contribution in [0.1, 0.15) is 25.3 Å². The van der Waals surface area contributed by atoms with Gasteiger partial charge < -0.3 is 5.11 Å². The number of fused-ring (bicyclic) bond motifs is 1. The Hall–Kier alpha value is -1.42. The molecule has 15 heavy (non-hydrogen) atoms. The van der Waals surface area contributed by atoms with Crippen molar-refractivity contribution in [2.75, 3.05) is 0 Å². The maximum atomic E-state index is 9.74. The van der Waals surface area contributed by atoms with Gasteiger partial charge in [-0.15, -0.1) is 0 Å². The summed E-state index contributed by atoms with van der Waals surface area (Å²) in [6.45, 7) is 2.07. The smallest absolute Gasteiger partial charge is 0.116 e. The van der Waals surface area contributed by atoms with Crippen LogP contribution in [0.15, 0.2) is 18.2 Å². The lowest BCUT2D eigenvalue weighted by atomic mass is 10.0. The molecule has 0 saturated carbocycles. The highest BCUT2D eigenvalue weighted by Gasteiger charge is 2.09. The van der Waals surface area contributed by atoms with E-state index in [4.69, 9.17) is 0 Å². The second kappa shape index (κ2) is 4.40. The van der Waals surface area contributed by atoms with Gasteiger partial charge in [0.25, 0.3) is 0 Å². The zero-order valence-electron chi connectivity index (χ0n) is 8.77. The van der Waals surface area contributed by atoms with Crippen LogP contribution >= 0.6 is 0 Å². The van der Waals surface area contributed by atoms with Gasteiger partial charge in [-0.1, -0.05) is 25.5 Å². The Kier molecular flexibility index (Phi) is 2.97. The Morgan fingerprint density at radius 2 is 2.27 bits per heavy atom. The van der Waals surface area contributed by atoms with Gasteiger partial charge in [0.05, 0.1) is 6.10 Å². The molecule has 0 fully saturated rings. The number of H-pyrrole nitrogens is 1. The molecular weight excluding hydrogens is 190 g/mol. The minimum absolute atomic E-state index is 0.280. The molecule has 80 valence electrons. The average molecular weight is 205 g/mol. The lowest BCUT2D eigenvalue weighted by molar-refractivity contribution is 0.164. The van der Waals surface area contributed by atoms with Gasteiger partial charge in [-0.25, -0.2) is 0 Å². The minimum Gasteiger partial charge on any atom is -0.393 e. The fraction of sp³-hybridized carbons (Fsp3) is 0.455. The fourth-order valence-corrected chi connectivity index (χ4v) is 1.78. The van der Waals surface area contributed by atoms with Crippen LogP contribution in [0.3, 0.4) is 0 Å². The molecule has 1 unspecified atom stereocenters. The molecule has 4 nitrogen and oxygen atoms in total. The van der Waals surface area contributed by atoms with E-state index in [9.17, 15) is 5.11 Å². The van der Waals surface area contributed by atoms with Crippen molar-refractivity contribution in [3.05, 3.63) is 23.8 Å². The summed E-state index contributed by atoms with van der Waals surface area (Å²) < 4.78 is 0. The monoisotopic (exact) mass is 205 g/mol. The largest absolute Gasteiger partial charge is 0.393 e. The second-order valence-corrected chi connectivity index (χ2v) is 3.76. The van der Waals surface area contributed by atoms with Crippen LogP contribution in [0.25, 0.3) is 11.0 Å². The fourth-order valence-electron chi connectivity index (χ4n) is 1.78. The number of hydrogen-bond donors (Lipinski definition) is 2. The SMILES string of the molecule is CCCC(O)Cc1cccc2n[nH]nc12. The Morgan fingerprint density at radius 1 is 1.40 bits per heavy atom. The molecule has 1 aromatic carbocycles. The highest BCUT2D eigenvalue weighted by molar-refractivity contribution is 5.77. The van der Waals surface area contributed by atoms with E-state index in [-0.39, 0.29) is 6.10 Å². The lowest BCUT2D eigenvalue weighted by Gasteiger charge is -2.08. The summed E-state index contributed by atoms with van der Waals surface area (Å²) in [7, 11) is 0. The van der Waals surface area contributed by atoms with Crippen molar-refractivity contribution >= 4 is 11.0 Å². The quantitative estimate of drug-likeness (QED) is 0.798. The number of hydrogen-bond acceptors (Lipinski definition) is 3. The van der Waals surface area contributed by atoms with E-state index in [0.29, 0.717) is 6.42 Å². The molecule has 0 aliphatic heterocycles. The minimum atomic E-state index is -0.280. The van der Waals surface area contributed by atoms with Crippen LogP contribution in [0.5, 0.6) is 0 Å². The third kappa shape index (κ3) is 2.15. The third-order valence-corrected chi connectivity index (χ3v) is 2.51. The summed E-state index contributed by atoms with van der Waals surface area (Å²) in [5.41, 5.74) is 2.78. The molecule has 0 bridgehead atoms. The van der Waals surface area contributed by atoms with Crippen LogP contribution in [-0.2, 0) is 6.42 Å². The maximum absolute atomic E-state index is 9.74. The third-order valence-electron chi connectivity index (χ3n) is 2.51. The zero-order chi connectivity index (χ0) is 10.7. The normalized spacial score (nSPS) is 13.2. The first kappa shape index (κ1) is 10.1. The van der Waals surface area contributed by atoms with Crippen molar-refractivity contribution in [2.24, 2.45) is 0 Å². The predicted molar refractivity (Wildman–Crippen MR) is 58.5 cm³/mol. The van der Waals surface area contributed by atoms with Crippen LogP contribution in [-0.4, -0.2) is 26.6 Å². The number of aliphatic hydroxyl groups excluding tert-OH is 1. The molecule has 2 rings (SSSR count). The van der Waals surface area contributed by atoms with Gasteiger partial charge in [0.15, 0.2) is 0 Å². The van der Waals surface area contributed by atoms with Crippen molar-refractivity contribution in [3.8, 4) is 0 Å². The van der Waals surface area contributed by atoms with E-state index in [0.717, 1.165) is 29.4 Å². The van der Waals surface area contributed by atoms with Gasteiger partial charge in [0.1, 0.15) is 11.0 Å². The molecule has 2 N–H and O–H groups in total. The highest BCUT2D eigenvalue weighted by Crippen LogP contribution is 2.16. The number of nitrogens with zero attached hydrogens (tertiary/aromatic N) is 2. The molecule has 0 aliphatic carbocycles. The van der Waals surface area contributed by atoms with E-state index >= 15 is 0 Å². The molecule has 1 aromatic heterocycles. The number of benzene rings is 1. The molecule has 2 aromatic rings. The molecule has 0 radical (unpaired) electrons. The molecule has 0 amide bonds. The lowest BCUT2D eigenvalue weighted by Crippen LogP contribution is -2.09. The van der Waals surface area contributed by atoms with Crippen molar-refractivity contribution in [1.29, 1.82) is 0 Å². The van der Waals surface area contributed by atoms with Gasteiger partial charge in [0.2, 0.25) is 0 Å². The number of rotatable bonds is 4. The molecule has 4 heteroatoms. The summed E-state index contributed by atoms with van der Waals surface area (Å²) in [5, 5.41) is 20.4. The first-order chi connectivity index (χ1) is 7.31. The predicted octanol–water partition coefficient (Wildman–Crippen LogP) is 1.66. The van der Waals surface area contributed by atoms with E-state index in [1.54, 1.807) is 0 Å². The highest BCUT2D eigenvalue weighted by atomic mass is 16.3. The second-order valence-electron chi connectivity index (χ2n) is 3.76. The molecule has 1 atom stereocenters. The van der Waals surface area contributed by atoms with Crippen molar-refractivity contribution in [3.63, 3.8) is 0 Å². The van der Waals surface area contributed by atoms with E-state index < -0.39 is 0 Å². The summed E-state index contributed by atoms with van der Waals surface area (Å²) >= 11 is 0. The maximum Gasteiger partial charge on any atom is 0.116 e. The molecular formula is C11H15N3O. The number of nitrogens with one attached hydrogen (secondary N) is 1. The van der Waals surface area contributed by atoms with Crippen molar-refractivity contribution < 1.29 is 5.11 Å². The Morgan fingerprint density at radius 3 is 3.07 bits per heavy atom. The summed E-state index contributed by atoms with van der Waals surface area (Å²) in [6.07, 6.45) is 2.19. The zero-order valence-corrected chi connectivity index (χ0v) is 8.77. The Balaban J connectivity index is 2.23. The Bertz CT molecular complexity index is 438. The topological polar surface area (TPSA) is 61.8 Å². The summed E-state index contributed by atoms with van der Waals surface area (Å²) in [5.74, 6) is 0. The Labute approximate surface area is 88.3 Å².